The summed E-state index contributed by atoms with van der Waals surface area (Å²) in [6.07, 6.45) is 1.27. The molecule has 1 aliphatic rings. The summed E-state index contributed by atoms with van der Waals surface area (Å²) in [6.45, 7) is 7.27. The molecule has 2 heterocycles. The molecule has 182 valence electrons. The number of nitrogens with one attached hydrogen (secondary N) is 1. The Hall–Kier alpha value is -3.36. The van der Waals surface area contributed by atoms with Gasteiger partial charge in [0.05, 0.1) is 12.1 Å². The van der Waals surface area contributed by atoms with E-state index in [1.165, 1.54) is 0 Å². The molecule has 0 saturated carbocycles. The standard InChI is InChI=1S/C25H30FN3O5/c1-15(2)25(23(32)28-18(20(30)14-26)12-21(31)33-24(3,4)5)13-19(29-34-25)22-17-9-7-6-8-16(17)10-11-27-22/h6-11,15,18H,12-14H2,1-5H3,(H,28,32)/t18-,25-/m1/s1. The SMILES string of the molecule is CC(C)[C@@]1(C(=O)N[C@H](CC(=O)OC(C)(C)C)C(=O)CF)CC(c2nccc3ccccc23)=NO1. The summed E-state index contributed by atoms with van der Waals surface area (Å²) < 4.78 is 18.5. The van der Waals surface area contributed by atoms with Crippen LogP contribution in [0.3, 0.4) is 0 Å². The summed E-state index contributed by atoms with van der Waals surface area (Å²) in [4.78, 5) is 48.0. The molecule has 9 heteroatoms. The van der Waals surface area contributed by atoms with Crippen LogP contribution in [-0.4, -0.2) is 52.3 Å². The van der Waals surface area contributed by atoms with Gasteiger partial charge in [-0.05, 0) is 32.2 Å². The van der Waals surface area contributed by atoms with Crippen molar-refractivity contribution in [2.45, 2.75) is 64.7 Å². The van der Waals surface area contributed by atoms with Crippen LogP contribution in [0.5, 0.6) is 0 Å². The molecule has 34 heavy (non-hydrogen) atoms. The van der Waals surface area contributed by atoms with Crippen LogP contribution in [0.1, 0.15) is 53.2 Å². The van der Waals surface area contributed by atoms with Gasteiger partial charge in [0, 0.05) is 23.9 Å². The summed E-state index contributed by atoms with van der Waals surface area (Å²) in [5, 5.41) is 8.52. The lowest BCUT2D eigenvalue weighted by molar-refractivity contribution is -0.158. The van der Waals surface area contributed by atoms with Gasteiger partial charge in [-0.2, -0.15) is 0 Å². The Kier molecular flexibility index (Phi) is 7.33. The number of alkyl halides is 1. The van der Waals surface area contributed by atoms with Gasteiger partial charge in [-0.3, -0.25) is 19.4 Å². The van der Waals surface area contributed by atoms with Gasteiger partial charge in [0.15, 0.2) is 5.78 Å². The van der Waals surface area contributed by atoms with E-state index >= 15 is 0 Å². The highest BCUT2D eigenvalue weighted by Crippen LogP contribution is 2.35. The largest absolute Gasteiger partial charge is 0.460 e. The van der Waals surface area contributed by atoms with Crippen molar-refractivity contribution >= 4 is 34.1 Å². The van der Waals surface area contributed by atoms with E-state index < -0.39 is 48.0 Å². The molecule has 2 atom stereocenters. The van der Waals surface area contributed by atoms with E-state index in [4.69, 9.17) is 9.57 Å². The fourth-order valence-corrected chi connectivity index (χ4v) is 3.79. The molecule has 2 aromatic rings. The number of halogens is 1. The van der Waals surface area contributed by atoms with Crippen molar-refractivity contribution in [1.29, 1.82) is 0 Å². The van der Waals surface area contributed by atoms with Crippen LogP contribution in [0.2, 0.25) is 0 Å². The molecule has 0 bridgehead atoms. The van der Waals surface area contributed by atoms with E-state index in [1.807, 2.05) is 30.3 Å². The third-order valence-electron chi connectivity index (χ3n) is 5.63. The molecule has 0 unspecified atom stereocenters. The van der Waals surface area contributed by atoms with Crippen molar-refractivity contribution in [2.75, 3.05) is 6.67 Å². The molecule has 8 nitrogen and oxygen atoms in total. The Labute approximate surface area is 197 Å². The molecule has 1 aromatic heterocycles. The molecular formula is C25H30FN3O5. The van der Waals surface area contributed by atoms with Gasteiger partial charge in [0.25, 0.3) is 5.91 Å². The highest BCUT2D eigenvalue weighted by molar-refractivity contribution is 6.12. The number of aromatic nitrogens is 1. The zero-order valence-electron chi connectivity index (χ0n) is 20.1. The number of hydrogen-bond donors (Lipinski definition) is 1. The molecule has 1 aliphatic heterocycles. The predicted molar refractivity (Wildman–Crippen MR) is 125 cm³/mol. The first-order chi connectivity index (χ1) is 16.0. The topological polar surface area (TPSA) is 107 Å². The summed E-state index contributed by atoms with van der Waals surface area (Å²) in [6, 6.07) is 8.15. The van der Waals surface area contributed by atoms with Gasteiger partial charge in [0.2, 0.25) is 5.60 Å². The van der Waals surface area contributed by atoms with Gasteiger partial charge in [0.1, 0.15) is 24.0 Å². The van der Waals surface area contributed by atoms with Gasteiger partial charge in [-0.15, -0.1) is 0 Å². The Morgan fingerprint density at radius 2 is 1.91 bits per heavy atom. The lowest BCUT2D eigenvalue weighted by atomic mass is 9.83. The molecule has 0 fully saturated rings. The number of fused-ring (bicyclic) bond motifs is 1. The van der Waals surface area contributed by atoms with Crippen molar-refractivity contribution in [2.24, 2.45) is 11.1 Å². The minimum absolute atomic E-state index is 0.0977. The monoisotopic (exact) mass is 471 g/mol. The van der Waals surface area contributed by atoms with Crippen molar-refractivity contribution in [1.82, 2.24) is 10.3 Å². The average Bonchev–Trinajstić information content (AvgIpc) is 3.23. The van der Waals surface area contributed by atoms with Crippen LogP contribution in [0.15, 0.2) is 41.7 Å². The number of ketones is 1. The minimum Gasteiger partial charge on any atom is -0.460 e. The quantitative estimate of drug-likeness (QED) is 0.591. The first-order valence-electron chi connectivity index (χ1n) is 11.2. The third-order valence-corrected chi connectivity index (χ3v) is 5.63. The Morgan fingerprint density at radius 1 is 1.21 bits per heavy atom. The van der Waals surface area contributed by atoms with E-state index in [0.717, 1.165) is 10.8 Å². The molecular weight excluding hydrogens is 441 g/mol. The number of nitrogens with zero attached hydrogens (tertiary/aromatic N) is 2. The number of carbonyl (C=O) groups is 3. The van der Waals surface area contributed by atoms with Gasteiger partial charge < -0.3 is 14.9 Å². The second-order valence-electron chi connectivity index (χ2n) is 9.65. The van der Waals surface area contributed by atoms with Crippen LogP contribution >= 0.6 is 0 Å². The van der Waals surface area contributed by atoms with Crippen molar-refractivity contribution < 1.29 is 28.3 Å². The van der Waals surface area contributed by atoms with Crippen LogP contribution in [0.4, 0.5) is 4.39 Å². The fourth-order valence-electron chi connectivity index (χ4n) is 3.79. The Bertz CT molecular complexity index is 1120. The summed E-state index contributed by atoms with van der Waals surface area (Å²) in [5.74, 6) is -2.65. The maximum Gasteiger partial charge on any atom is 0.308 e. The Morgan fingerprint density at radius 3 is 2.56 bits per heavy atom. The maximum atomic E-state index is 13.4. The van der Waals surface area contributed by atoms with Crippen molar-refractivity contribution in [3.05, 3.63) is 42.2 Å². The fraction of sp³-hybridized carbons (Fsp3) is 0.480. The number of esters is 1. The summed E-state index contributed by atoms with van der Waals surface area (Å²) >= 11 is 0. The number of benzene rings is 1. The minimum atomic E-state index is -1.45. The van der Waals surface area contributed by atoms with E-state index in [0.29, 0.717) is 11.4 Å². The maximum absolute atomic E-state index is 13.4. The smallest absolute Gasteiger partial charge is 0.308 e. The van der Waals surface area contributed by atoms with Crippen molar-refractivity contribution in [3.8, 4) is 0 Å². The Balaban J connectivity index is 1.83. The summed E-state index contributed by atoms with van der Waals surface area (Å²) in [5.41, 5.74) is -1.15. The molecule has 1 aromatic carbocycles. The second kappa shape index (κ2) is 9.87. The number of ether oxygens (including phenoxy) is 1. The first kappa shape index (κ1) is 25.3. The number of amides is 1. The lowest BCUT2D eigenvalue weighted by Gasteiger charge is -2.31. The van der Waals surface area contributed by atoms with Crippen LogP contribution in [-0.2, 0) is 24.0 Å². The molecule has 1 N–H and O–H groups in total. The van der Waals surface area contributed by atoms with Gasteiger partial charge >= 0.3 is 5.97 Å². The summed E-state index contributed by atoms with van der Waals surface area (Å²) in [7, 11) is 0. The number of oxime groups is 1. The number of carbonyl (C=O) groups excluding carboxylic acids is 3. The zero-order valence-corrected chi connectivity index (χ0v) is 20.1. The average molecular weight is 472 g/mol. The van der Waals surface area contributed by atoms with Crippen LogP contribution < -0.4 is 5.32 Å². The molecule has 1 amide bonds. The highest BCUT2D eigenvalue weighted by atomic mass is 19.1. The number of rotatable bonds is 8. The third kappa shape index (κ3) is 5.40. The molecule has 0 aliphatic carbocycles. The van der Waals surface area contributed by atoms with Crippen LogP contribution in [0, 0.1) is 5.92 Å². The molecule has 0 saturated heterocycles. The van der Waals surface area contributed by atoms with Crippen LogP contribution in [0.25, 0.3) is 10.8 Å². The van der Waals surface area contributed by atoms with Crippen molar-refractivity contribution in [3.63, 3.8) is 0 Å². The number of Topliss-reactive ketones (excluding diaryl/α,β-unsaturated/α-hetero) is 1. The number of hydrogen-bond acceptors (Lipinski definition) is 7. The second-order valence-corrected chi connectivity index (χ2v) is 9.65. The van der Waals surface area contributed by atoms with E-state index in [1.54, 1.807) is 40.8 Å². The normalized spacial score (nSPS) is 18.9. The molecule has 0 spiro atoms. The highest BCUT2D eigenvalue weighted by Gasteiger charge is 2.51. The zero-order chi connectivity index (χ0) is 25.1. The predicted octanol–water partition coefficient (Wildman–Crippen LogP) is 3.51. The molecule has 3 rings (SSSR count). The van der Waals surface area contributed by atoms with E-state index in [2.05, 4.69) is 15.5 Å². The number of pyridine rings is 1. The van der Waals surface area contributed by atoms with E-state index in [-0.39, 0.29) is 12.3 Å². The van der Waals surface area contributed by atoms with Gasteiger partial charge in [-0.1, -0.05) is 43.3 Å². The lowest BCUT2D eigenvalue weighted by Crippen LogP contribution is -2.56. The first-order valence-corrected chi connectivity index (χ1v) is 11.2. The molecule has 0 radical (unpaired) electrons. The van der Waals surface area contributed by atoms with E-state index in [9.17, 15) is 18.8 Å². The van der Waals surface area contributed by atoms with Gasteiger partial charge in [-0.25, -0.2) is 4.39 Å².